The van der Waals surface area contributed by atoms with Crippen LogP contribution >= 0.6 is 0 Å². The van der Waals surface area contributed by atoms with Gasteiger partial charge < -0.3 is 10.2 Å². The highest BCUT2D eigenvalue weighted by Crippen LogP contribution is 2.16. The van der Waals surface area contributed by atoms with E-state index in [1.807, 2.05) is 44.1 Å². The smallest absolute Gasteiger partial charge is 0.249 e. The first-order chi connectivity index (χ1) is 15.2. The second kappa shape index (κ2) is 11.3. The van der Waals surface area contributed by atoms with Crippen LogP contribution in [0.25, 0.3) is 0 Å². The minimum absolute atomic E-state index is 0.367. The molecular formula is C24H22F2N4O2. The van der Waals surface area contributed by atoms with E-state index in [1.54, 1.807) is 36.7 Å². The number of nitrogens with zero attached hydrogens (tertiary/aromatic N) is 3. The Morgan fingerprint density at radius 3 is 2.16 bits per heavy atom. The van der Waals surface area contributed by atoms with Gasteiger partial charge in [-0.2, -0.15) is 5.26 Å². The van der Waals surface area contributed by atoms with Crippen LogP contribution in [0.1, 0.15) is 15.9 Å². The number of anilines is 2. The van der Waals surface area contributed by atoms with Crippen LogP contribution in [0.4, 0.5) is 20.2 Å². The minimum atomic E-state index is -1.70. The number of aromatic nitrogens is 1. The third-order valence-corrected chi connectivity index (χ3v) is 4.27. The third-order valence-electron chi connectivity index (χ3n) is 4.27. The Hall–Kier alpha value is -4.12. The van der Waals surface area contributed by atoms with E-state index in [4.69, 9.17) is 5.26 Å². The summed E-state index contributed by atoms with van der Waals surface area (Å²) in [6.07, 6.45) is 3.57. The van der Waals surface area contributed by atoms with E-state index < -0.39 is 29.2 Å². The molecule has 0 aliphatic heterocycles. The summed E-state index contributed by atoms with van der Waals surface area (Å²) in [5, 5.41) is 11.5. The van der Waals surface area contributed by atoms with Crippen molar-refractivity contribution >= 4 is 23.1 Å². The molecule has 0 spiro atoms. The fourth-order valence-electron chi connectivity index (χ4n) is 2.68. The first-order valence-corrected chi connectivity index (χ1v) is 9.56. The van der Waals surface area contributed by atoms with Crippen LogP contribution in [0.2, 0.25) is 0 Å². The highest BCUT2D eigenvalue weighted by Gasteiger charge is 2.28. The third kappa shape index (κ3) is 6.99. The molecule has 0 bridgehead atoms. The highest BCUT2D eigenvalue weighted by molar-refractivity contribution is 6.15. The van der Waals surface area contributed by atoms with Crippen LogP contribution in [0.3, 0.4) is 0 Å². The van der Waals surface area contributed by atoms with Crippen LogP contribution in [-0.4, -0.2) is 30.8 Å². The molecule has 0 fully saturated rings. The number of aryl methyl sites for hydroxylation is 1. The van der Waals surface area contributed by atoms with Gasteiger partial charge in [-0.3, -0.25) is 14.6 Å². The van der Waals surface area contributed by atoms with Crippen molar-refractivity contribution in [3.8, 4) is 6.07 Å². The van der Waals surface area contributed by atoms with Crippen molar-refractivity contribution in [2.24, 2.45) is 5.92 Å². The second-order valence-corrected chi connectivity index (χ2v) is 7.04. The molecule has 2 aromatic carbocycles. The molecule has 1 atom stereocenters. The summed E-state index contributed by atoms with van der Waals surface area (Å²) in [6.45, 7) is 1.82. The maximum Gasteiger partial charge on any atom is 0.249 e. The SMILES string of the molecule is CN(C)c1ccncc1.Cc1cccc(NC(=O)C(C#N)C(=O)c2cc(F)cc(F)c2)c1. The van der Waals surface area contributed by atoms with Gasteiger partial charge in [0.2, 0.25) is 5.91 Å². The quantitative estimate of drug-likeness (QED) is 0.474. The van der Waals surface area contributed by atoms with Gasteiger partial charge in [0.15, 0.2) is 11.7 Å². The van der Waals surface area contributed by atoms with Crippen molar-refractivity contribution in [2.45, 2.75) is 6.92 Å². The zero-order valence-corrected chi connectivity index (χ0v) is 17.8. The van der Waals surface area contributed by atoms with Gasteiger partial charge in [-0.15, -0.1) is 0 Å². The fourth-order valence-corrected chi connectivity index (χ4v) is 2.68. The molecule has 6 nitrogen and oxygen atoms in total. The van der Waals surface area contributed by atoms with Crippen molar-refractivity contribution < 1.29 is 18.4 Å². The zero-order chi connectivity index (χ0) is 23.7. The van der Waals surface area contributed by atoms with Crippen LogP contribution in [0.5, 0.6) is 0 Å². The predicted octanol–water partition coefficient (Wildman–Crippen LogP) is 4.38. The van der Waals surface area contributed by atoms with Gasteiger partial charge in [-0.25, -0.2) is 8.78 Å². The second-order valence-electron chi connectivity index (χ2n) is 7.04. The molecule has 1 N–H and O–H groups in total. The molecule has 1 heterocycles. The molecule has 1 amide bonds. The van der Waals surface area contributed by atoms with Crippen LogP contribution in [0, 0.1) is 35.8 Å². The summed E-state index contributed by atoms with van der Waals surface area (Å²) < 4.78 is 26.3. The van der Waals surface area contributed by atoms with Gasteiger partial charge in [0, 0.05) is 49.5 Å². The fraction of sp³-hybridized carbons (Fsp3) is 0.167. The van der Waals surface area contributed by atoms with Crippen molar-refractivity contribution in [2.75, 3.05) is 24.3 Å². The van der Waals surface area contributed by atoms with E-state index in [-0.39, 0.29) is 5.56 Å². The Kier molecular flexibility index (Phi) is 8.54. The number of carbonyl (C=O) groups is 2. The number of ketones is 1. The molecule has 0 saturated heterocycles. The van der Waals surface area contributed by atoms with Gasteiger partial charge in [0.1, 0.15) is 11.6 Å². The average molecular weight is 436 g/mol. The first-order valence-electron chi connectivity index (χ1n) is 9.56. The number of amides is 1. The summed E-state index contributed by atoms with van der Waals surface area (Å²) in [7, 11) is 4.02. The van der Waals surface area contributed by atoms with E-state index in [2.05, 4.69) is 10.3 Å². The predicted molar refractivity (Wildman–Crippen MR) is 118 cm³/mol. The Labute approximate surface area is 185 Å². The Bertz CT molecular complexity index is 1110. The van der Waals surface area contributed by atoms with Gasteiger partial charge in [0.05, 0.1) is 6.07 Å². The average Bonchev–Trinajstić information content (AvgIpc) is 2.74. The molecule has 3 rings (SSSR count). The number of hydrogen-bond acceptors (Lipinski definition) is 5. The molecule has 164 valence electrons. The number of Topliss-reactive ketones (excluding diaryl/α,β-unsaturated/α-hetero) is 1. The monoisotopic (exact) mass is 436 g/mol. The molecule has 1 unspecified atom stereocenters. The number of pyridine rings is 1. The number of rotatable bonds is 5. The van der Waals surface area contributed by atoms with Gasteiger partial charge in [-0.05, 0) is 48.9 Å². The number of hydrogen-bond donors (Lipinski definition) is 1. The molecule has 0 radical (unpaired) electrons. The molecule has 1 aromatic heterocycles. The molecule has 0 aliphatic carbocycles. The zero-order valence-electron chi connectivity index (χ0n) is 17.8. The number of nitriles is 1. The topological polar surface area (TPSA) is 86.1 Å². The Balaban J connectivity index is 0.000000336. The number of halogens is 2. The van der Waals surface area contributed by atoms with E-state index in [0.717, 1.165) is 17.7 Å². The first kappa shape index (κ1) is 24.2. The van der Waals surface area contributed by atoms with E-state index in [1.165, 1.54) is 5.69 Å². The minimum Gasteiger partial charge on any atom is -0.378 e. The lowest BCUT2D eigenvalue weighted by Crippen LogP contribution is -2.28. The largest absolute Gasteiger partial charge is 0.378 e. The number of nitrogens with one attached hydrogen (secondary N) is 1. The van der Waals surface area contributed by atoms with Crippen LogP contribution < -0.4 is 10.2 Å². The maximum absolute atomic E-state index is 13.2. The van der Waals surface area contributed by atoms with Crippen molar-refractivity contribution in [3.63, 3.8) is 0 Å². The normalized spacial score (nSPS) is 10.8. The Morgan fingerprint density at radius 2 is 1.66 bits per heavy atom. The Morgan fingerprint density at radius 1 is 1.03 bits per heavy atom. The van der Waals surface area contributed by atoms with Gasteiger partial charge in [-0.1, -0.05) is 12.1 Å². The molecule has 32 heavy (non-hydrogen) atoms. The number of benzene rings is 2. The summed E-state index contributed by atoms with van der Waals surface area (Å²) >= 11 is 0. The van der Waals surface area contributed by atoms with Crippen molar-refractivity contribution in [1.29, 1.82) is 5.26 Å². The molecule has 3 aromatic rings. The lowest BCUT2D eigenvalue weighted by Gasteiger charge is -2.10. The van der Waals surface area contributed by atoms with Crippen LogP contribution in [-0.2, 0) is 4.79 Å². The van der Waals surface area contributed by atoms with E-state index in [0.29, 0.717) is 11.8 Å². The van der Waals surface area contributed by atoms with Crippen molar-refractivity contribution in [1.82, 2.24) is 4.98 Å². The van der Waals surface area contributed by atoms with E-state index in [9.17, 15) is 18.4 Å². The molecular weight excluding hydrogens is 414 g/mol. The van der Waals surface area contributed by atoms with Gasteiger partial charge in [0.25, 0.3) is 0 Å². The van der Waals surface area contributed by atoms with Gasteiger partial charge >= 0.3 is 0 Å². The lowest BCUT2D eigenvalue weighted by molar-refractivity contribution is -0.117. The molecule has 8 heteroatoms. The molecule has 0 saturated carbocycles. The standard InChI is InChI=1S/C17H12F2N2O2.C7H10N2/c1-10-3-2-4-14(5-10)21-17(23)15(9-20)16(22)11-6-12(18)8-13(19)7-11;1-9(2)7-3-5-8-6-4-7/h2-8,15H,1H3,(H,21,23);3-6H,1-2H3. The van der Waals surface area contributed by atoms with Crippen LogP contribution in [0.15, 0.2) is 67.0 Å². The molecule has 0 aliphatic rings. The summed E-state index contributed by atoms with van der Waals surface area (Å²) in [5.74, 6) is -5.42. The summed E-state index contributed by atoms with van der Waals surface area (Å²) in [4.78, 5) is 30.2. The van der Waals surface area contributed by atoms with Crippen molar-refractivity contribution in [3.05, 3.63) is 89.8 Å². The highest BCUT2D eigenvalue weighted by atomic mass is 19.1. The van der Waals surface area contributed by atoms with E-state index >= 15 is 0 Å². The number of carbonyl (C=O) groups excluding carboxylic acids is 2. The maximum atomic E-state index is 13.2. The summed E-state index contributed by atoms with van der Waals surface area (Å²) in [6, 6.07) is 14.5. The summed E-state index contributed by atoms with van der Waals surface area (Å²) in [5.41, 5.74) is 2.13. The lowest BCUT2D eigenvalue weighted by atomic mass is 9.97.